The summed E-state index contributed by atoms with van der Waals surface area (Å²) in [6.07, 6.45) is 6.08. The fraction of sp³-hybridized carbons (Fsp3) is 0.611. The van der Waals surface area contributed by atoms with Crippen molar-refractivity contribution >= 4 is 5.91 Å². The van der Waals surface area contributed by atoms with Gasteiger partial charge in [-0.15, -0.1) is 0 Å². The second-order valence-electron chi connectivity index (χ2n) is 6.66. The van der Waals surface area contributed by atoms with Gasteiger partial charge in [-0.05, 0) is 68.2 Å². The Morgan fingerprint density at radius 1 is 1.29 bits per heavy atom. The summed E-state index contributed by atoms with van der Waals surface area (Å²) in [5, 5.41) is 6.47. The van der Waals surface area contributed by atoms with E-state index in [1.807, 2.05) is 0 Å². The van der Waals surface area contributed by atoms with Crippen molar-refractivity contribution in [2.75, 3.05) is 6.54 Å². The Hall–Kier alpha value is -1.35. The topological polar surface area (TPSA) is 41.1 Å². The van der Waals surface area contributed by atoms with Crippen molar-refractivity contribution in [3.63, 3.8) is 0 Å². The highest BCUT2D eigenvalue weighted by molar-refractivity contribution is 5.82. The first-order chi connectivity index (χ1) is 10.1. The summed E-state index contributed by atoms with van der Waals surface area (Å²) >= 11 is 0. The molecule has 0 radical (unpaired) electrons. The van der Waals surface area contributed by atoms with Crippen molar-refractivity contribution in [3.05, 3.63) is 34.9 Å². The van der Waals surface area contributed by atoms with E-state index in [0.29, 0.717) is 5.92 Å². The predicted octanol–water partition coefficient (Wildman–Crippen LogP) is 2.74. The third kappa shape index (κ3) is 3.13. The van der Waals surface area contributed by atoms with Crippen LogP contribution in [0.2, 0.25) is 0 Å². The molecular weight excluding hydrogens is 260 g/mol. The van der Waals surface area contributed by atoms with Crippen molar-refractivity contribution in [1.29, 1.82) is 0 Å². The van der Waals surface area contributed by atoms with Crippen LogP contribution in [0.4, 0.5) is 0 Å². The third-order valence-corrected chi connectivity index (χ3v) is 5.05. The largest absolute Gasteiger partial charge is 0.348 e. The predicted molar refractivity (Wildman–Crippen MR) is 85.2 cm³/mol. The summed E-state index contributed by atoms with van der Waals surface area (Å²) < 4.78 is 0. The van der Waals surface area contributed by atoms with Crippen LogP contribution in [-0.4, -0.2) is 18.5 Å². The van der Waals surface area contributed by atoms with Crippen LogP contribution in [0, 0.1) is 5.92 Å². The summed E-state index contributed by atoms with van der Waals surface area (Å²) in [6, 6.07) is 6.79. The van der Waals surface area contributed by atoms with E-state index < -0.39 is 0 Å². The van der Waals surface area contributed by atoms with E-state index in [-0.39, 0.29) is 18.0 Å². The average Bonchev–Trinajstić information content (AvgIpc) is 2.93. The highest BCUT2D eigenvalue weighted by Gasteiger charge is 2.30. The number of hydrogen-bond donors (Lipinski definition) is 2. The molecule has 1 aromatic rings. The van der Waals surface area contributed by atoms with Crippen LogP contribution < -0.4 is 10.6 Å². The standard InChI is InChI=1S/C18H26N2O/c1-12-9-10-19-17(12)18(21)20-13(2)15-8-7-14-5-3-4-6-16(14)11-15/h7-8,11-13,17,19H,3-6,9-10H2,1-2H3,(H,20,21). The van der Waals surface area contributed by atoms with Crippen LogP contribution in [0.15, 0.2) is 18.2 Å². The van der Waals surface area contributed by atoms with Crippen LogP contribution in [-0.2, 0) is 17.6 Å². The van der Waals surface area contributed by atoms with E-state index in [1.165, 1.54) is 42.4 Å². The van der Waals surface area contributed by atoms with E-state index in [2.05, 4.69) is 42.7 Å². The van der Waals surface area contributed by atoms with Crippen LogP contribution in [0.1, 0.15) is 55.8 Å². The summed E-state index contributed by atoms with van der Waals surface area (Å²) in [5.74, 6) is 0.575. The highest BCUT2D eigenvalue weighted by atomic mass is 16.2. The number of benzene rings is 1. The Bertz CT molecular complexity index is 526. The van der Waals surface area contributed by atoms with Crippen molar-refractivity contribution in [2.24, 2.45) is 5.92 Å². The lowest BCUT2D eigenvalue weighted by molar-refractivity contribution is -0.124. The fourth-order valence-electron chi connectivity index (χ4n) is 3.59. The maximum absolute atomic E-state index is 12.4. The van der Waals surface area contributed by atoms with Gasteiger partial charge in [-0.25, -0.2) is 0 Å². The molecule has 21 heavy (non-hydrogen) atoms. The molecule has 1 fully saturated rings. The molecule has 0 spiro atoms. The molecule has 0 saturated carbocycles. The number of fused-ring (bicyclic) bond motifs is 1. The summed E-state index contributed by atoms with van der Waals surface area (Å²) in [7, 11) is 0. The van der Waals surface area contributed by atoms with Crippen LogP contribution in [0.25, 0.3) is 0 Å². The van der Waals surface area contributed by atoms with Gasteiger partial charge in [0.2, 0.25) is 5.91 Å². The Morgan fingerprint density at radius 3 is 2.76 bits per heavy atom. The second kappa shape index (κ2) is 6.18. The molecule has 2 aliphatic rings. The third-order valence-electron chi connectivity index (χ3n) is 5.05. The van der Waals surface area contributed by atoms with E-state index >= 15 is 0 Å². The second-order valence-corrected chi connectivity index (χ2v) is 6.66. The first-order valence-corrected chi connectivity index (χ1v) is 8.30. The molecule has 0 aromatic heterocycles. The van der Waals surface area contributed by atoms with Gasteiger partial charge in [0.05, 0.1) is 12.1 Å². The summed E-state index contributed by atoms with van der Waals surface area (Å²) in [4.78, 5) is 12.4. The molecule has 3 atom stereocenters. The molecular formula is C18H26N2O. The molecule has 1 heterocycles. The van der Waals surface area contributed by atoms with Gasteiger partial charge in [0, 0.05) is 0 Å². The number of carbonyl (C=O) groups is 1. The van der Waals surface area contributed by atoms with Crippen molar-refractivity contribution in [1.82, 2.24) is 10.6 Å². The highest BCUT2D eigenvalue weighted by Crippen LogP contribution is 2.25. The monoisotopic (exact) mass is 286 g/mol. The minimum Gasteiger partial charge on any atom is -0.348 e. The van der Waals surface area contributed by atoms with Gasteiger partial charge in [-0.1, -0.05) is 25.1 Å². The zero-order chi connectivity index (χ0) is 14.8. The van der Waals surface area contributed by atoms with Crippen molar-refractivity contribution in [2.45, 2.75) is 58.0 Å². The molecule has 0 bridgehead atoms. The van der Waals surface area contributed by atoms with Crippen LogP contribution in [0.3, 0.4) is 0 Å². The van der Waals surface area contributed by atoms with E-state index in [1.54, 1.807) is 0 Å². The molecule has 3 heteroatoms. The molecule has 2 N–H and O–H groups in total. The smallest absolute Gasteiger partial charge is 0.237 e. The molecule has 1 saturated heterocycles. The number of hydrogen-bond acceptors (Lipinski definition) is 2. The molecule has 3 rings (SSSR count). The number of rotatable bonds is 3. The Balaban J connectivity index is 1.67. The number of nitrogens with one attached hydrogen (secondary N) is 2. The first kappa shape index (κ1) is 14.6. The number of carbonyl (C=O) groups excluding carboxylic acids is 1. The van der Waals surface area contributed by atoms with Gasteiger partial charge in [0.15, 0.2) is 0 Å². The SMILES string of the molecule is CC(NC(=O)C1NCCC1C)c1ccc2c(c1)CCCC2. The summed E-state index contributed by atoms with van der Waals surface area (Å²) in [6.45, 7) is 5.18. The molecule has 3 unspecified atom stereocenters. The van der Waals surface area contributed by atoms with Crippen molar-refractivity contribution < 1.29 is 4.79 Å². The molecule has 3 nitrogen and oxygen atoms in total. The minimum atomic E-state index is -0.0231. The lowest BCUT2D eigenvalue weighted by atomic mass is 9.89. The Morgan fingerprint density at radius 2 is 2.05 bits per heavy atom. The molecule has 1 aliphatic heterocycles. The lowest BCUT2D eigenvalue weighted by Gasteiger charge is -2.22. The number of amides is 1. The van der Waals surface area contributed by atoms with Crippen molar-refractivity contribution in [3.8, 4) is 0 Å². The first-order valence-electron chi connectivity index (χ1n) is 8.30. The van der Waals surface area contributed by atoms with Gasteiger partial charge in [0.1, 0.15) is 0 Å². The maximum atomic E-state index is 12.4. The fourth-order valence-corrected chi connectivity index (χ4v) is 3.59. The number of aryl methyl sites for hydroxylation is 2. The molecule has 1 amide bonds. The Labute approximate surface area is 127 Å². The molecule has 1 aromatic carbocycles. The van der Waals surface area contributed by atoms with Gasteiger partial charge >= 0.3 is 0 Å². The van der Waals surface area contributed by atoms with Gasteiger partial charge in [0.25, 0.3) is 0 Å². The minimum absolute atomic E-state index is 0.0231. The zero-order valence-corrected chi connectivity index (χ0v) is 13.1. The molecule has 1 aliphatic carbocycles. The normalized spacial score (nSPS) is 26.2. The van der Waals surface area contributed by atoms with Crippen LogP contribution >= 0.6 is 0 Å². The quantitative estimate of drug-likeness (QED) is 0.897. The van der Waals surface area contributed by atoms with Gasteiger partial charge in [-0.2, -0.15) is 0 Å². The van der Waals surface area contributed by atoms with E-state index in [9.17, 15) is 4.79 Å². The lowest BCUT2D eigenvalue weighted by Crippen LogP contribution is -2.44. The van der Waals surface area contributed by atoms with E-state index in [0.717, 1.165) is 13.0 Å². The molecule has 114 valence electrons. The average molecular weight is 286 g/mol. The van der Waals surface area contributed by atoms with Gasteiger partial charge < -0.3 is 10.6 Å². The van der Waals surface area contributed by atoms with Gasteiger partial charge in [-0.3, -0.25) is 4.79 Å². The Kier molecular flexibility index (Phi) is 4.29. The zero-order valence-electron chi connectivity index (χ0n) is 13.1. The van der Waals surface area contributed by atoms with E-state index in [4.69, 9.17) is 0 Å². The summed E-state index contributed by atoms with van der Waals surface area (Å²) in [5.41, 5.74) is 4.21. The maximum Gasteiger partial charge on any atom is 0.237 e. The van der Waals surface area contributed by atoms with Crippen LogP contribution in [0.5, 0.6) is 0 Å².